The van der Waals surface area contributed by atoms with Gasteiger partial charge in [0.25, 0.3) is 6.17 Å². The molecule has 3 atom stereocenters. The van der Waals surface area contributed by atoms with Crippen molar-refractivity contribution in [2.24, 2.45) is 0 Å². The lowest BCUT2D eigenvalue weighted by Gasteiger charge is -2.24. The van der Waals surface area contributed by atoms with Gasteiger partial charge in [-0.25, -0.2) is 9.18 Å². The fourth-order valence-corrected chi connectivity index (χ4v) is 1.97. The lowest BCUT2D eigenvalue weighted by Crippen LogP contribution is -2.45. The van der Waals surface area contributed by atoms with Crippen molar-refractivity contribution >= 4 is 6.09 Å². The van der Waals surface area contributed by atoms with Crippen LogP contribution in [0.2, 0.25) is 0 Å². The number of alkyl carbamates (subject to hydrolysis) is 1. The molecule has 0 radical (unpaired) electrons. The maximum absolute atomic E-state index is 13.2. The number of benzene rings is 1. The molecule has 0 saturated carbocycles. The molecule has 0 saturated heterocycles. The molecule has 1 aromatic carbocycles. The van der Waals surface area contributed by atoms with Crippen LogP contribution < -0.4 is 10.1 Å². The number of halogens is 6. The Labute approximate surface area is 162 Å². The smallest absolute Gasteiger partial charge is 0.439 e. The molecule has 166 valence electrons. The van der Waals surface area contributed by atoms with E-state index < -0.39 is 54.7 Å². The summed E-state index contributed by atoms with van der Waals surface area (Å²) < 4.78 is 84.2. The molecule has 0 spiro atoms. The summed E-state index contributed by atoms with van der Waals surface area (Å²) in [5.74, 6) is -0.792. The predicted octanol–water partition coefficient (Wildman–Crippen LogP) is 3.48. The second-order valence-electron chi connectivity index (χ2n) is 7.03. The lowest BCUT2D eigenvalue weighted by atomic mass is 10.0. The zero-order valence-electron chi connectivity index (χ0n) is 15.6. The van der Waals surface area contributed by atoms with E-state index in [-0.39, 0.29) is 5.56 Å². The van der Waals surface area contributed by atoms with Gasteiger partial charge in [0.05, 0.1) is 0 Å². The number of hydrogen-bond acceptors (Lipinski definition) is 5. The molecular formula is C17H21F6NO5. The molecule has 0 aliphatic carbocycles. The van der Waals surface area contributed by atoms with Gasteiger partial charge in [0, 0.05) is 6.54 Å². The van der Waals surface area contributed by atoms with Gasteiger partial charge in [-0.2, -0.15) is 22.0 Å². The molecule has 6 nitrogen and oxygen atoms in total. The van der Waals surface area contributed by atoms with Crippen LogP contribution in [-0.4, -0.2) is 53.0 Å². The van der Waals surface area contributed by atoms with Crippen LogP contribution in [0, 0.1) is 0 Å². The minimum Gasteiger partial charge on any atom is -0.444 e. The standard InChI is InChI=1S/C17H21F6NO5/c1-15(2,3)29-14(27)24-8-11(25)12(26)9-4-6-10(7-5-9)28-17(22,23)13(18)16(19,20)21/h4-7,11-13,25-26H,8H2,1-3H3,(H,24,27)/t11?,12?,13-/m1/s1. The molecular weight excluding hydrogens is 412 g/mol. The topological polar surface area (TPSA) is 88.0 Å². The Morgan fingerprint density at radius 1 is 1.07 bits per heavy atom. The van der Waals surface area contributed by atoms with Gasteiger partial charge in [-0.1, -0.05) is 12.1 Å². The van der Waals surface area contributed by atoms with Crippen LogP contribution >= 0.6 is 0 Å². The Morgan fingerprint density at radius 3 is 2.03 bits per heavy atom. The second kappa shape index (κ2) is 9.08. The fourth-order valence-electron chi connectivity index (χ4n) is 1.97. The number of aliphatic hydroxyl groups excluding tert-OH is 2. The van der Waals surface area contributed by atoms with Gasteiger partial charge < -0.3 is 25.0 Å². The van der Waals surface area contributed by atoms with Crippen LogP contribution in [0.25, 0.3) is 0 Å². The third kappa shape index (κ3) is 7.97. The largest absolute Gasteiger partial charge is 0.444 e. The fraction of sp³-hybridized carbons (Fsp3) is 0.588. The number of aliphatic hydroxyl groups is 2. The van der Waals surface area contributed by atoms with Gasteiger partial charge in [-0.05, 0) is 38.5 Å². The van der Waals surface area contributed by atoms with Gasteiger partial charge >= 0.3 is 18.4 Å². The highest BCUT2D eigenvalue weighted by atomic mass is 19.4. The number of hydrogen-bond donors (Lipinski definition) is 3. The highest BCUT2D eigenvalue weighted by Gasteiger charge is 2.59. The van der Waals surface area contributed by atoms with Crippen molar-refractivity contribution in [2.75, 3.05) is 6.54 Å². The summed E-state index contributed by atoms with van der Waals surface area (Å²) in [4.78, 5) is 11.5. The minimum absolute atomic E-state index is 0.0215. The number of carbonyl (C=O) groups is 1. The molecule has 29 heavy (non-hydrogen) atoms. The van der Waals surface area contributed by atoms with Gasteiger partial charge in [-0.3, -0.25) is 0 Å². The number of amides is 1. The van der Waals surface area contributed by atoms with Crippen LogP contribution in [0.5, 0.6) is 5.75 Å². The Kier molecular flexibility index (Phi) is 7.77. The van der Waals surface area contributed by atoms with Gasteiger partial charge in [0.15, 0.2) is 0 Å². The Balaban J connectivity index is 2.69. The number of rotatable bonds is 7. The monoisotopic (exact) mass is 433 g/mol. The SMILES string of the molecule is CC(C)(C)OC(=O)NCC(O)C(O)c1ccc(OC(F)(F)[C@H](F)C(F)(F)F)cc1. The summed E-state index contributed by atoms with van der Waals surface area (Å²) in [6.45, 7) is 4.43. The molecule has 0 aliphatic heterocycles. The maximum atomic E-state index is 13.2. The first-order valence-electron chi connectivity index (χ1n) is 8.23. The zero-order chi connectivity index (χ0) is 22.6. The third-order valence-electron chi connectivity index (χ3n) is 3.28. The lowest BCUT2D eigenvalue weighted by molar-refractivity contribution is -0.304. The van der Waals surface area contributed by atoms with Gasteiger partial charge in [-0.15, -0.1) is 0 Å². The summed E-state index contributed by atoms with van der Waals surface area (Å²) in [6, 6.07) is 3.49. The molecule has 3 N–H and O–H groups in total. The molecule has 1 aromatic rings. The summed E-state index contributed by atoms with van der Waals surface area (Å²) >= 11 is 0. The number of ether oxygens (including phenoxy) is 2. The normalized spacial score (nSPS) is 16.0. The van der Waals surface area contributed by atoms with Crippen molar-refractivity contribution in [1.82, 2.24) is 5.32 Å². The molecule has 1 amide bonds. The van der Waals surface area contributed by atoms with Gasteiger partial charge in [0.1, 0.15) is 23.6 Å². The maximum Gasteiger partial charge on any atom is 0.439 e. The van der Waals surface area contributed by atoms with Crippen LogP contribution in [0.1, 0.15) is 32.4 Å². The quantitative estimate of drug-likeness (QED) is 0.573. The number of carbonyl (C=O) groups excluding carboxylic acids is 1. The van der Waals surface area contributed by atoms with Crippen LogP contribution in [0.15, 0.2) is 24.3 Å². The second-order valence-corrected chi connectivity index (χ2v) is 7.03. The average molecular weight is 433 g/mol. The van der Waals surface area contributed by atoms with Crippen molar-refractivity contribution in [3.63, 3.8) is 0 Å². The summed E-state index contributed by atoms with van der Waals surface area (Å²) in [5.41, 5.74) is -0.803. The van der Waals surface area contributed by atoms with E-state index in [9.17, 15) is 41.4 Å². The molecule has 0 aromatic heterocycles. The average Bonchev–Trinajstić information content (AvgIpc) is 2.56. The molecule has 1 rings (SSSR count). The molecule has 0 bridgehead atoms. The van der Waals surface area contributed by atoms with E-state index >= 15 is 0 Å². The number of alkyl halides is 6. The zero-order valence-corrected chi connectivity index (χ0v) is 15.6. The van der Waals surface area contributed by atoms with Crippen LogP contribution in [0.4, 0.5) is 31.1 Å². The molecule has 0 heterocycles. The van der Waals surface area contributed by atoms with Crippen LogP contribution in [-0.2, 0) is 4.74 Å². The minimum atomic E-state index is -5.81. The van der Waals surface area contributed by atoms with E-state index in [0.717, 1.165) is 24.3 Å². The first-order chi connectivity index (χ1) is 13.0. The molecule has 0 aliphatic rings. The van der Waals surface area contributed by atoms with Crippen molar-refractivity contribution in [3.05, 3.63) is 29.8 Å². The van der Waals surface area contributed by atoms with Crippen molar-refractivity contribution in [1.29, 1.82) is 0 Å². The highest BCUT2D eigenvalue weighted by molar-refractivity contribution is 5.67. The summed E-state index contributed by atoms with van der Waals surface area (Å²) in [5, 5.41) is 22.1. The van der Waals surface area contributed by atoms with Crippen molar-refractivity contribution in [2.45, 2.75) is 57.0 Å². The van der Waals surface area contributed by atoms with Crippen molar-refractivity contribution in [3.8, 4) is 5.75 Å². The van der Waals surface area contributed by atoms with E-state index in [2.05, 4.69) is 10.1 Å². The molecule has 0 fully saturated rings. The van der Waals surface area contributed by atoms with E-state index in [4.69, 9.17) is 4.74 Å². The Morgan fingerprint density at radius 2 is 1.59 bits per heavy atom. The third-order valence-corrected chi connectivity index (χ3v) is 3.28. The van der Waals surface area contributed by atoms with Crippen molar-refractivity contribution < 1.29 is 50.8 Å². The first-order valence-corrected chi connectivity index (χ1v) is 8.23. The van der Waals surface area contributed by atoms with Gasteiger partial charge in [0.2, 0.25) is 0 Å². The Bertz CT molecular complexity index is 674. The highest BCUT2D eigenvalue weighted by Crippen LogP contribution is 2.36. The Hall–Kier alpha value is -2.21. The van der Waals surface area contributed by atoms with E-state index in [1.165, 1.54) is 0 Å². The van der Waals surface area contributed by atoms with E-state index in [0.29, 0.717) is 0 Å². The molecule has 2 unspecified atom stereocenters. The molecule has 12 heteroatoms. The first kappa shape index (κ1) is 24.8. The predicted molar refractivity (Wildman–Crippen MR) is 88.2 cm³/mol. The number of nitrogens with one attached hydrogen (secondary N) is 1. The summed E-state index contributed by atoms with van der Waals surface area (Å²) in [6.07, 6.45) is -19.4. The summed E-state index contributed by atoms with van der Waals surface area (Å²) in [7, 11) is 0. The van der Waals surface area contributed by atoms with E-state index in [1.807, 2.05) is 0 Å². The van der Waals surface area contributed by atoms with Crippen LogP contribution in [0.3, 0.4) is 0 Å². The van der Waals surface area contributed by atoms with E-state index in [1.54, 1.807) is 20.8 Å².